The van der Waals surface area contributed by atoms with Crippen molar-refractivity contribution >= 4 is 56.2 Å². The molecule has 0 saturated heterocycles. The van der Waals surface area contributed by atoms with E-state index in [0.717, 1.165) is 17.3 Å². The van der Waals surface area contributed by atoms with Gasteiger partial charge in [-0.2, -0.15) is 0 Å². The number of benzene rings is 3. The van der Waals surface area contributed by atoms with Crippen LogP contribution in [0.5, 0.6) is 0 Å². The molecule has 5 rings (SSSR count). The van der Waals surface area contributed by atoms with Gasteiger partial charge in [-0.25, -0.2) is 27.8 Å². The van der Waals surface area contributed by atoms with Gasteiger partial charge in [0.05, 0.1) is 22.8 Å². The number of hydrogen-bond acceptors (Lipinski definition) is 8. The van der Waals surface area contributed by atoms with E-state index in [2.05, 4.69) is 20.6 Å². The molecule has 43 heavy (non-hydrogen) atoms. The number of carbonyl (C=O) groups is 3. The first-order chi connectivity index (χ1) is 20.6. The summed E-state index contributed by atoms with van der Waals surface area (Å²) in [6, 6.07) is 18.1. The second kappa shape index (κ2) is 12.9. The lowest BCUT2D eigenvalue weighted by Crippen LogP contribution is -2.42. The summed E-state index contributed by atoms with van der Waals surface area (Å²) >= 11 is 1.08. The van der Waals surface area contributed by atoms with Gasteiger partial charge in [-0.1, -0.05) is 48.2 Å². The van der Waals surface area contributed by atoms with Crippen molar-refractivity contribution in [2.24, 2.45) is 15.1 Å². The molecule has 3 aromatic rings. The molecule has 222 valence electrons. The Kier molecular flexibility index (Phi) is 8.99. The van der Waals surface area contributed by atoms with Crippen LogP contribution < -0.4 is 15.8 Å². The fourth-order valence-corrected chi connectivity index (χ4v) is 5.80. The van der Waals surface area contributed by atoms with E-state index in [4.69, 9.17) is 5.14 Å². The van der Waals surface area contributed by atoms with Crippen LogP contribution in [0, 0.1) is 5.82 Å². The van der Waals surface area contributed by atoms with E-state index in [9.17, 15) is 27.2 Å². The monoisotopic (exact) mass is 622 g/mol. The van der Waals surface area contributed by atoms with Crippen molar-refractivity contribution < 1.29 is 27.2 Å². The summed E-state index contributed by atoms with van der Waals surface area (Å²) in [6.07, 6.45) is 0.292. The number of sulfonamides is 1. The average Bonchev–Trinajstić information content (AvgIpc) is 3.31. The zero-order valence-corrected chi connectivity index (χ0v) is 24.3. The molecule has 0 unspecified atom stereocenters. The van der Waals surface area contributed by atoms with E-state index in [1.54, 1.807) is 48.5 Å². The number of nitrogens with two attached hydrogens (primary N) is 1. The highest BCUT2D eigenvalue weighted by Crippen LogP contribution is 2.34. The Labute approximate surface area is 251 Å². The second-order valence-electron chi connectivity index (χ2n) is 9.74. The lowest BCUT2D eigenvalue weighted by molar-refractivity contribution is -0.128. The molecule has 2 aliphatic rings. The first-order valence-electron chi connectivity index (χ1n) is 13.2. The zero-order chi connectivity index (χ0) is 30.6. The fraction of sp³-hybridized carbons (Fsp3) is 0.207. The van der Waals surface area contributed by atoms with Crippen molar-refractivity contribution in [3.8, 4) is 0 Å². The Bertz CT molecular complexity index is 1730. The average molecular weight is 623 g/mol. The van der Waals surface area contributed by atoms with Crippen molar-refractivity contribution in [1.29, 1.82) is 0 Å². The summed E-state index contributed by atoms with van der Waals surface area (Å²) < 4.78 is 36.0. The van der Waals surface area contributed by atoms with Crippen LogP contribution in [0.25, 0.3) is 0 Å². The van der Waals surface area contributed by atoms with Crippen LogP contribution in [0.1, 0.15) is 23.1 Å². The maximum atomic E-state index is 13.4. The molecule has 3 amide bonds. The van der Waals surface area contributed by atoms with Crippen LogP contribution in [0.15, 0.2) is 87.7 Å². The predicted molar refractivity (Wildman–Crippen MR) is 161 cm³/mol. The molecule has 14 heteroatoms. The number of carbonyl (C=O) groups excluding carboxylic acids is 3. The van der Waals surface area contributed by atoms with Gasteiger partial charge < -0.3 is 10.6 Å². The maximum Gasteiger partial charge on any atom is 0.259 e. The molecular formula is C29H27FN6O5S2. The number of nitrogens with zero attached hydrogens (tertiary/aromatic N) is 3. The molecule has 0 radical (unpaired) electrons. The quantitative estimate of drug-likeness (QED) is 0.314. The van der Waals surface area contributed by atoms with Crippen molar-refractivity contribution in [3.05, 3.63) is 95.3 Å². The Morgan fingerprint density at radius 1 is 0.953 bits per heavy atom. The maximum absolute atomic E-state index is 13.4. The lowest BCUT2D eigenvalue weighted by Gasteiger charge is -2.25. The van der Waals surface area contributed by atoms with Crippen LogP contribution in [0.2, 0.25) is 0 Å². The lowest BCUT2D eigenvalue weighted by atomic mass is 10.1. The van der Waals surface area contributed by atoms with E-state index in [1.807, 2.05) is 0 Å². The molecule has 1 atom stereocenters. The number of para-hydroxylation sites is 1. The van der Waals surface area contributed by atoms with Crippen LogP contribution in [0.3, 0.4) is 0 Å². The molecule has 11 nitrogen and oxygen atoms in total. The number of amides is 3. The van der Waals surface area contributed by atoms with Crippen LogP contribution in [-0.2, 0) is 37.4 Å². The molecule has 3 aromatic carbocycles. The summed E-state index contributed by atoms with van der Waals surface area (Å²) in [5, 5.41) is 10.9. The zero-order valence-electron chi connectivity index (χ0n) is 22.7. The number of amidine groups is 2. The van der Waals surface area contributed by atoms with Gasteiger partial charge in [0.2, 0.25) is 21.8 Å². The van der Waals surface area contributed by atoms with Gasteiger partial charge in [0.25, 0.3) is 5.91 Å². The van der Waals surface area contributed by atoms with Crippen molar-refractivity contribution in [1.82, 2.24) is 15.5 Å². The van der Waals surface area contributed by atoms with Gasteiger partial charge in [0.1, 0.15) is 17.7 Å². The Morgan fingerprint density at radius 2 is 1.65 bits per heavy atom. The summed E-state index contributed by atoms with van der Waals surface area (Å²) in [4.78, 5) is 49.2. The number of fused-ring (bicyclic) bond motifs is 3. The van der Waals surface area contributed by atoms with E-state index >= 15 is 0 Å². The molecule has 0 spiro atoms. The van der Waals surface area contributed by atoms with Crippen molar-refractivity contribution in [3.63, 3.8) is 0 Å². The molecule has 2 aliphatic heterocycles. The molecule has 0 bridgehead atoms. The SMILES string of the molecule is NS(=O)(=O)c1ccc(CCNC(=O)CSC2=Nc3ccccc3C3=N[C@H](CC(=O)NCc4ccc(F)cc4)C(=O)N23)cc1. The summed E-state index contributed by atoms with van der Waals surface area (Å²) in [5.41, 5.74) is 2.78. The molecule has 0 aliphatic carbocycles. The Hall–Kier alpha value is -4.40. The minimum absolute atomic E-state index is 0.0127. The highest BCUT2D eigenvalue weighted by molar-refractivity contribution is 8.14. The van der Waals surface area contributed by atoms with Crippen LogP contribution in [0.4, 0.5) is 10.1 Å². The smallest absolute Gasteiger partial charge is 0.259 e. The number of nitrogens with one attached hydrogen (secondary N) is 2. The van der Waals surface area contributed by atoms with Gasteiger partial charge in [0.15, 0.2) is 5.17 Å². The van der Waals surface area contributed by atoms with E-state index in [-0.39, 0.29) is 46.4 Å². The number of hydrogen-bond donors (Lipinski definition) is 3. The van der Waals surface area contributed by atoms with Crippen LogP contribution in [-0.4, -0.2) is 60.4 Å². The third-order valence-electron chi connectivity index (χ3n) is 6.65. The highest BCUT2D eigenvalue weighted by atomic mass is 32.2. The third-order valence-corrected chi connectivity index (χ3v) is 8.52. The van der Waals surface area contributed by atoms with E-state index in [0.29, 0.717) is 35.6 Å². The first kappa shape index (κ1) is 30.1. The Balaban J connectivity index is 1.18. The highest BCUT2D eigenvalue weighted by Gasteiger charge is 2.42. The summed E-state index contributed by atoms with van der Waals surface area (Å²) in [6.45, 7) is 0.496. The molecule has 2 heterocycles. The number of rotatable bonds is 10. The normalized spacial score (nSPS) is 15.7. The number of aliphatic imine (C=N–C) groups is 2. The van der Waals surface area contributed by atoms with Gasteiger partial charge in [-0.3, -0.25) is 19.4 Å². The van der Waals surface area contributed by atoms with Crippen molar-refractivity contribution in [2.75, 3.05) is 12.3 Å². The molecule has 0 fully saturated rings. The number of halogens is 1. The molecule has 0 saturated carbocycles. The Morgan fingerprint density at radius 3 is 2.37 bits per heavy atom. The number of thioether (sulfide) groups is 1. The second-order valence-corrected chi connectivity index (χ2v) is 12.2. The van der Waals surface area contributed by atoms with Crippen molar-refractivity contribution in [2.45, 2.75) is 30.3 Å². The van der Waals surface area contributed by atoms with E-state index < -0.39 is 22.0 Å². The fourth-order valence-electron chi connectivity index (χ4n) is 4.46. The number of primary sulfonamides is 1. The standard InChI is InChI=1S/C29H27FN6O5S2/c30-20-9-5-19(6-10-20)16-33-25(37)15-24-28(39)36-27(34-24)22-3-1-2-4-23(22)35-29(36)42-17-26(38)32-14-13-18-7-11-21(12-8-18)43(31,40)41/h1-12,24H,13-17H2,(H,32,38)(H,33,37)(H2,31,40,41)/t24-/m1/s1. The van der Waals surface area contributed by atoms with E-state index in [1.165, 1.54) is 29.2 Å². The molecular weight excluding hydrogens is 595 g/mol. The van der Waals surface area contributed by atoms with Gasteiger partial charge in [0, 0.05) is 18.7 Å². The van der Waals surface area contributed by atoms with Gasteiger partial charge in [-0.05, 0) is 53.9 Å². The summed E-state index contributed by atoms with van der Waals surface area (Å²) in [5.74, 6) is -1.11. The van der Waals surface area contributed by atoms with Gasteiger partial charge in [-0.15, -0.1) is 0 Å². The predicted octanol–water partition coefficient (Wildman–Crippen LogP) is 2.23. The topological polar surface area (TPSA) is 163 Å². The largest absolute Gasteiger partial charge is 0.355 e. The minimum atomic E-state index is -3.77. The minimum Gasteiger partial charge on any atom is -0.355 e. The first-order valence-corrected chi connectivity index (χ1v) is 15.7. The molecule has 4 N–H and O–H groups in total. The van der Waals surface area contributed by atoms with Gasteiger partial charge >= 0.3 is 0 Å². The molecule has 0 aromatic heterocycles. The third kappa shape index (κ3) is 7.34. The van der Waals surface area contributed by atoms with Crippen LogP contribution >= 0.6 is 11.8 Å². The summed E-state index contributed by atoms with van der Waals surface area (Å²) in [7, 11) is -3.77.